The van der Waals surface area contributed by atoms with Crippen molar-refractivity contribution in [3.05, 3.63) is 35.1 Å². The lowest BCUT2D eigenvalue weighted by molar-refractivity contribution is 0.431. The standard InChI is InChI=1S/C14H18F3N/c1-2-5-18-13(6-9-3-4-9)10-7-11(15)14(17)12(16)8-10/h7-9,13,18H,2-6H2,1H3. The van der Waals surface area contributed by atoms with Gasteiger partial charge in [0.05, 0.1) is 0 Å². The lowest BCUT2D eigenvalue weighted by Crippen LogP contribution is -2.23. The van der Waals surface area contributed by atoms with Crippen LogP contribution >= 0.6 is 0 Å². The summed E-state index contributed by atoms with van der Waals surface area (Å²) in [6, 6.07) is 2.13. The van der Waals surface area contributed by atoms with Crippen LogP contribution in [0.5, 0.6) is 0 Å². The summed E-state index contributed by atoms with van der Waals surface area (Å²) in [6.45, 7) is 2.82. The van der Waals surface area contributed by atoms with E-state index in [0.717, 1.165) is 31.5 Å². The van der Waals surface area contributed by atoms with Crippen molar-refractivity contribution >= 4 is 0 Å². The maximum Gasteiger partial charge on any atom is 0.194 e. The number of hydrogen-bond acceptors (Lipinski definition) is 1. The van der Waals surface area contributed by atoms with E-state index >= 15 is 0 Å². The van der Waals surface area contributed by atoms with Crippen molar-refractivity contribution in [3.8, 4) is 0 Å². The molecule has 0 aromatic heterocycles. The number of rotatable bonds is 6. The number of nitrogens with one attached hydrogen (secondary N) is 1. The molecule has 1 nitrogen and oxygen atoms in total. The Balaban J connectivity index is 2.17. The molecular weight excluding hydrogens is 239 g/mol. The predicted octanol–water partition coefficient (Wildman–Crippen LogP) is 3.94. The van der Waals surface area contributed by atoms with Crippen LogP contribution in [0.25, 0.3) is 0 Å². The molecule has 100 valence electrons. The quantitative estimate of drug-likeness (QED) is 0.761. The van der Waals surface area contributed by atoms with Gasteiger partial charge in [-0.2, -0.15) is 0 Å². The Morgan fingerprint density at radius 3 is 2.33 bits per heavy atom. The van der Waals surface area contributed by atoms with Crippen LogP contribution in [0.1, 0.15) is 44.2 Å². The van der Waals surface area contributed by atoms with Crippen LogP contribution in [-0.2, 0) is 0 Å². The van der Waals surface area contributed by atoms with Gasteiger partial charge in [-0.05, 0) is 43.0 Å². The van der Waals surface area contributed by atoms with Crippen molar-refractivity contribution in [3.63, 3.8) is 0 Å². The monoisotopic (exact) mass is 257 g/mol. The molecule has 0 amide bonds. The summed E-state index contributed by atoms with van der Waals surface area (Å²) in [6.07, 6.45) is 4.17. The van der Waals surface area contributed by atoms with Gasteiger partial charge in [0, 0.05) is 6.04 Å². The highest BCUT2D eigenvalue weighted by Crippen LogP contribution is 2.38. The Bertz CT molecular complexity index is 392. The largest absolute Gasteiger partial charge is 0.310 e. The SMILES string of the molecule is CCCNC(CC1CC1)c1cc(F)c(F)c(F)c1. The van der Waals surface area contributed by atoms with Crippen LogP contribution in [0.4, 0.5) is 13.2 Å². The van der Waals surface area contributed by atoms with Crippen molar-refractivity contribution in [2.24, 2.45) is 5.92 Å². The zero-order valence-electron chi connectivity index (χ0n) is 10.5. The molecule has 0 bridgehead atoms. The first kappa shape index (κ1) is 13.4. The molecule has 0 aliphatic heterocycles. The van der Waals surface area contributed by atoms with Gasteiger partial charge in [0.25, 0.3) is 0 Å². The molecule has 1 aromatic rings. The lowest BCUT2D eigenvalue weighted by atomic mass is 10.0. The highest BCUT2D eigenvalue weighted by molar-refractivity contribution is 5.23. The van der Waals surface area contributed by atoms with E-state index in [1.54, 1.807) is 0 Å². The summed E-state index contributed by atoms with van der Waals surface area (Å²) in [4.78, 5) is 0. The van der Waals surface area contributed by atoms with E-state index in [0.29, 0.717) is 11.5 Å². The maximum absolute atomic E-state index is 13.2. The Kier molecular flexibility index (Phi) is 4.27. The minimum atomic E-state index is -1.39. The first-order valence-corrected chi connectivity index (χ1v) is 6.49. The number of benzene rings is 1. The minimum Gasteiger partial charge on any atom is -0.310 e. The topological polar surface area (TPSA) is 12.0 Å². The number of halogens is 3. The van der Waals surface area contributed by atoms with Gasteiger partial charge in [-0.3, -0.25) is 0 Å². The third-order valence-electron chi connectivity index (χ3n) is 3.32. The van der Waals surface area contributed by atoms with Gasteiger partial charge in [0.15, 0.2) is 17.5 Å². The zero-order chi connectivity index (χ0) is 13.1. The molecule has 1 aromatic carbocycles. The zero-order valence-corrected chi connectivity index (χ0v) is 10.5. The van der Waals surface area contributed by atoms with Crippen molar-refractivity contribution in [2.75, 3.05) is 6.54 Å². The van der Waals surface area contributed by atoms with Crippen LogP contribution in [0, 0.1) is 23.4 Å². The van der Waals surface area contributed by atoms with Gasteiger partial charge in [-0.1, -0.05) is 19.8 Å². The molecule has 4 heteroatoms. The van der Waals surface area contributed by atoms with Crippen molar-refractivity contribution in [1.29, 1.82) is 0 Å². The molecule has 1 saturated carbocycles. The van der Waals surface area contributed by atoms with E-state index in [-0.39, 0.29) is 6.04 Å². The fourth-order valence-corrected chi connectivity index (χ4v) is 2.12. The summed E-state index contributed by atoms with van der Waals surface area (Å²) < 4.78 is 39.4. The van der Waals surface area contributed by atoms with Gasteiger partial charge in [-0.15, -0.1) is 0 Å². The van der Waals surface area contributed by atoms with E-state index in [1.807, 2.05) is 6.92 Å². The third-order valence-corrected chi connectivity index (χ3v) is 3.32. The van der Waals surface area contributed by atoms with Gasteiger partial charge < -0.3 is 5.32 Å². The van der Waals surface area contributed by atoms with Gasteiger partial charge in [-0.25, -0.2) is 13.2 Å². The van der Waals surface area contributed by atoms with E-state index in [9.17, 15) is 13.2 Å². The van der Waals surface area contributed by atoms with Crippen molar-refractivity contribution < 1.29 is 13.2 Å². The summed E-state index contributed by atoms with van der Waals surface area (Å²) in [5.74, 6) is -2.97. The fourth-order valence-electron chi connectivity index (χ4n) is 2.12. The predicted molar refractivity (Wildman–Crippen MR) is 64.7 cm³/mol. The van der Waals surface area contributed by atoms with Crippen LogP contribution in [-0.4, -0.2) is 6.54 Å². The third kappa shape index (κ3) is 3.25. The smallest absolute Gasteiger partial charge is 0.194 e. The van der Waals surface area contributed by atoms with Gasteiger partial charge >= 0.3 is 0 Å². The molecule has 1 fully saturated rings. The molecular formula is C14H18F3N. The molecule has 0 spiro atoms. The molecule has 0 saturated heterocycles. The Morgan fingerprint density at radius 2 is 1.83 bits per heavy atom. The van der Waals surface area contributed by atoms with Crippen LogP contribution in [0.2, 0.25) is 0 Å². The first-order valence-electron chi connectivity index (χ1n) is 6.49. The molecule has 1 N–H and O–H groups in total. The van der Waals surface area contributed by atoms with Gasteiger partial charge in [0.2, 0.25) is 0 Å². The van der Waals surface area contributed by atoms with Crippen molar-refractivity contribution in [1.82, 2.24) is 5.32 Å². The molecule has 1 atom stereocenters. The molecule has 0 heterocycles. The van der Waals surface area contributed by atoms with Crippen LogP contribution < -0.4 is 5.32 Å². The van der Waals surface area contributed by atoms with E-state index in [4.69, 9.17) is 0 Å². The summed E-state index contributed by atoms with van der Waals surface area (Å²) in [7, 11) is 0. The molecule has 18 heavy (non-hydrogen) atoms. The highest BCUT2D eigenvalue weighted by atomic mass is 19.2. The van der Waals surface area contributed by atoms with E-state index < -0.39 is 17.5 Å². The molecule has 0 radical (unpaired) electrons. The molecule has 1 unspecified atom stereocenters. The summed E-state index contributed by atoms with van der Waals surface area (Å²) in [5.41, 5.74) is 0.506. The van der Waals surface area contributed by atoms with Crippen molar-refractivity contribution in [2.45, 2.75) is 38.6 Å². The normalized spacial score (nSPS) is 16.9. The summed E-state index contributed by atoms with van der Waals surface area (Å²) in [5, 5.41) is 3.28. The highest BCUT2D eigenvalue weighted by Gasteiger charge is 2.27. The van der Waals surface area contributed by atoms with Crippen LogP contribution in [0.15, 0.2) is 12.1 Å². The van der Waals surface area contributed by atoms with Gasteiger partial charge in [0.1, 0.15) is 0 Å². The molecule has 2 rings (SSSR count). The number of hydrogen-bond donors (Lipinski definition) is 1. The van der Waals surface area contributed by atoms with Crippen LogP contribution in [0.3, 0.4) is 0 Å². The lowest BCUT2D eigenvalue weighted by Gasteiger charge is -2.19. The Hall–Kier alpha value is -1.03. The second-order valence-corrected chi connectivity index (χ2v) is 4.98. The Labute approximate surface area is 105 Å². The van der Waals surface area contributed by atoms with E-state index in [1.165, 1.54) is 12.8 Å². The molecule has 1 aliphatic rings. The second kappa shape index (κ2) is 5.74. The van der Waals surface area contributed by atoms with E-state index in [2.05, 4.69) is 5.32 Å². The summed E-state index contributed by atoms with van der Waals surface area (Å²) >= 11 is 0. The average molecular weight is 257 g/mol. The second-order valence-electron chi connectivity index (χ2n) is 4.98. The minimum absolute atomic E-state index is 0.0814. The molecule has 1 aliphatic carbocycles. The Morgan fingerprint density at radius 1 is 1.22 bits per heavy atom. The first-order chi connectivity index (χ1) is 8.61. The average Bonchev–Trinajstić information content (AvgIpc) is 3.14. The maximum atomic E-state index is 13.2. The fraction of sp³-hybridized carbons (Fsp3) is 0.571.